The standard InChI is InChI=1S/C21H22N6O4/c1-14-11-26(12-15(2)31-14)20-6-4-17(10-23-20)24-21(28)16-3-5-18(19(9-16)27(29)30)25-8-7-22-13-25/h3-10,13-15H,11-12H2,1-2H3,(H,24,28)/t14-,15-/m1/s1. The summed E-state index contributed by atoms with van der Waals surface area (Å²) >= 11 is 0. The number of hydrogen-bond acceptors (Lipinski definition) is 7. The van der Waals surface area contributed by atoms with Gasteiger partial charge in [0.05, 0.1) is 35.3 Å². The first-order chi connectivity index (χ1) is 14.9. The van der Waals surface area contributed by atoms with Crippen LogP contribution in [0.2, 0.25) is 0 Å². The van der Waals surface area contributed by atoms with Crippen molar-refractivity contribution in [3.63, 3.8) is 0 Å². The maximum atomic E-state index is 12.7. The van der Waals surface area contributed by atoms with E-state index < -0.39 is 10.8 Å². The summed E-state index contributed by atoms with van der Waals surface area (Å²) in [4.78, 5) is 34.1. The Balaban J connectivity index is 1.49. The highest BCUT2D eigenvalue weighted by atomic mass is 16.6. The van der Waals surface area contributed by atoms with Crippen molar-refractivity contribution in [3.8, 4) is 5.69 Å². The van der Waals surface area contributed by atoms with Gasteiger partial charge in [-0.1, -0.05) is 0 Å². The average molecular weight is 422 g/mol. The Morgan fingerprint density at radius 1 is 1.23 bits per heavy atom. The molecule has 1 aliphatic rings. The van der Waals surface area contributed by atoms with Crippen LogP contribution in [0.4, 0.5) is 17.2 Å². The first-order valence-corrected chi connectivity index (χ1v) is 9.85. The van der Waals surface area contributed by atoms with Crippen LogP contribution in [0.1, 0.15) is 24.2 Å². The molecule has 1 aliphatic heterocycles. The predicted molar refractivity (Wildman–Crippen MR) is 115 cm³/mol. The number of imidazole rings is 1. The van der Waals surface area contributed by atoms with Gasteiger partial charge in [0, 0.05) is 37.1 Å². The maximum absolute atomic E-state index is 12.7. The molecular formula is C21H22N6O4. The first kappa shape index (κ1) is 20.5. The molecule has 0 spiro atoms. The third kappa shape index (κ3) is 4.53. The van der Waals surface area contributed by atoms with Gasteiger partial charge in [-0.15, -0.1) is 0 Å². The first-order valence-electron chi connectivity index (χ1n) is 9.85. The molecule has 0 saturated carbocycles. The molecule has 1 fully saturated rings. The smallest absolute Gasteiger partial charge is 0.294 e. The normalized spacial score (nSPS) is 18.6. The summed E-state index contributed by atoms with van der Waals surface area (Å²) in [6, 6.07) is 7.92. The molecule has 0 radical (unpaired) electrons. The van der Waals surface area contributed by atoms with Gasteiger partial charge in [-0.2, -0.15) is 0 Å². The van der Waals surface area contributed by atoms with Crippen LogP contribution in [0.25, 0.3) is 5.69 Å². The van der Waals surface area contributed by atoms with E-state index in [9.17, 15) is 14.9 Å². The minimum Gasteiger partial charge on any atom is -0.372 e. The minimum atomic E-state index is -0.521. The van der Waals surface area contributed by atoms with Gasteiger partial charge in [0.2, 0.25) is 0 Å². The van der Waals surface area contributed by atoms with E-state index in [1.165, 1.54) is 35.3 Å². The Kier molecular flexibility index (Phi) is 5.63. The fraction of sp³-hybridized carbons (Fsp3) is 0.286. The van der Waals surface area contributed by atoms with Crippen molar-refractivity contribution >= 4 is 23.1 Å². The maximum Gasteiger partial charge on any atom is 0.294 e. The number of nitro groups is 1. The fourth-order valence-corrected chi connectivity index (χ4v) is 3.65. The molecule has 3 heterocycles. The van der Waals surface area contributed by atoms with E-state index in [1.54, 1.807) is 18.5 Å². The topological polar surface area (TPSA) is 115 Å². The number of hydrogen-bond donors (Lipinski definition) is 1. The number of benzene rings is 1. The van der Waals surface area contributed by atoms with Gasteiger partial charge in [-0.05, 0) is 38.1 Å². The van der Waals surface area contributed by atoms with Crippen LogP contribution in [0.15, 0.2) is 55.2 Å². The fourth-order valence-electron chi connectivity index (χ4n) is 3.65. The minimum absolute atomic E-state index is 0.117. The second kappa shape index (κ2) is 8.52. The molecule has 31 heavy (non-hydrogen) atoms. The van der Waals surface area contributed by atoms with Crippen LogP contribution in [0.5, 0.6) is 0 Å². The van der Waals surface area contributed by atoms with Crippen molar-refractivity contribution < 1.29 is 14.5 Å². The molecule has 1 saturated heterocycles. The van der Waals surface area contributed by atoms with Crippen molar-refractivity contribution in [2.45, 2.75) is 26.1 Å². The van der Waals surface area contributed by atoms with Crippen LogP contribution < -0.4 is 10.2 Å². The van der Waals surface area contributed by atoms with Crippen molar-refractivity contribution in [1.82, 2.24) is 14.5 Å². The summed E-state index contributed by atoms with van der Waals surface area (Å²) in [5.41, 5.74) is 0.827. The second-order valence-corrected chi connectivity index (χ2v) is 7.45. The Hall–Kier alpha value is -3.79. The van der Waals surface area contributed by atoms with Crippen molar-refractivity contribution in [2.24, 2.45) is 0 Å². The van der Waals surface area contributed by atoms with E-state index in [2.05, 4.69) is 20.2 Å². The zero-order chi connectivity index (χ0) is 22.0. The van der Waals surface area contributed by atoms with Gasteiger partial charge in [-0.3, -0.25) is 14.9 Å². The van der Waals surface area contributed by atoms with Crippen molar-refractivity contribution in [3.05, 3.63) is 70.9 Å². The summed E-state index contributed by atoms with van der Waals surface area (Å²) in [6.07, 6.45) is 6.40. The lowest BCUT2D eigenvalue weighted by molar-refractivity contribution is -0.384. The van der Waals surface area contributed by atoms with Gasteiger partial charge in [-0.25, -0.2) is 9.97 Å². The summed E-state index contributed by atoms with van der Waals surface area (Å²) in [5.74, 6) is 0.351. The molecule has 1 amide bonds. The van der Waals surface area contributed by atoms with Gasteiger partial charge >= 0.3 is 0 Å². The Morgan fingerprint density at radius 3 is 2.61 bits per heavy atom. The number of nitro benzene ring substituents is 1. The second-order valence-electron chi connectivity index (χ2n) is 7.45. The van der Waals surface area contributed by atoms with E-state index in [0.29, 0.717) is 11.4 Å². The van der Waals surface area contributed by atoms with Crippen LogP contribution in [-0.4, -0.2) is 50.7 Å². The zero-order valence-corrected chi connectivity index (χ0v) is 17.1. The molecule has 2 aromatic heterocycles. The van der Waals surface area contributed by atoms with Crippen LogP contribution in [0.3, 0.4) is 0 Å². The summed E-state index contributed by atoms with van der Waals surface area (Å²) < 4.78 is 7.27. The number of ether oxygens (including phenoxy) is 1. The molecule has 0 aliphatic carbocycles. The Bertz CT molecular complexity index is 1070. The SMILES string of the molecule is C[C@@H]1CN(c2ccc(NC(=O)c3ccc(-n4ccnc4)c([N+](=O)[O-])c3)cn2)C[C@@H](C)O1. The molecule has 10 nitrogen and oxygen atoms in total. The predicted octanol–water partition coefficient (Wildman–Crippen LogP) is 3.04. The molecule has 4 rings (SSSR count). The third-order valence-electron chi connectivity index (χ3n) is 4.97. The molecule has 10 heteroatoms. The van der Waals surface area contributed by atoms with Crippen LogP contribution >= 0.6 is 0 Å². The van der Waals surface area contributed by atoms with Crippen LogP contribution in [-0.2, 0) is 4.74 Å². The Morgan fingerprint density at radius 2 is 2.00 bits per heavy atom. The molecule has 0 bridgehead atoms. The number of nitrogens with zero attached hydrogens (tertiary/aromatic N) is 5. The summed E-state index contributed by atoms with van der Waals surface area (Å²) in [7, 11) is 0. The Labute approximate surface area is 178 Å². The zero-order valence-electron chi connectivity index (χ0n) is 17.1. The highest BCUT2D eigenvalue weighted by molar-refractivity contribution is 6.04. The highest BCUT2D eigenvalue weighted by Gasteiger charge is 2.23. The van der Waals surface area contributed by atoms with Gasteiger partial charge in [0.15, 0.2) is 0 Å². The molecule has 3 aromatic rings. The number of aromatic nitrogens is 3. The number of rotatable bonds is 5. The number of carbonyl (C=O) groups excluding carboxylic acids is 1. The lowest BCUT2D eigenvalue weighted by Gasteiger charge is -2.36. The van der Waals surface area contributed by atoms with Crippen LogP contribution in [0, 0.1) is 10.1 Å². The van der Waals surface area contributed by atoms with Crippen molar-refractivity contribution in [2.75, 3.05) is 23.3 Å². The van der Waals surface area contributed by atoms with Gasteiger partial charge in [0.1, 0.15) is 11.5 Å². The van der Waals surface area contributed by atoms with E-state index in [4.69, 9.17) is 4.74 Å². The summed E-state index contributed by atoms with van der Waals surface area (Å²) in [5, 5.41) is 14.2. The number of amides is 1. The third-order valence-corrected chi connectivity index (χ3v) is 4.97. The summed E-state index contributed by atoms with van der Waals surface area (Å²) in [6.45, 7) is 5.54. The number of anilines is 2. The molecule has 0 unspecified atom stereocenters. The van der Waals surface area contributed by atoms with Gasteiger partial charge in [0.25, 0.3) is 11.6 Å². The average Bonchev–Trinajstić information content (AvgIpc) is 3.28. The monoisotopic (exact) mass is 422 g/mol. The van der Waals surface area contributed by atoms with E-state index in [1.807, 2.05) is 19.9 Å². The van der Waals surface area contributed by atoms with Gasteiger partial charge < -0.3 is 19.5 Å². The number of carbonyl (C=O) groups is 1. The lowest BCUT2D eigenvalue weighted by Crippen LogP contribution is -2.45. The lowest BCUT2D eigenvalue weighted by atomic mass is 10.1. The molecule has 1 N–H and O–H groups in total. The van der Waals surface area contributed by atoms with Crippen molar-refractivity contribution in [1.29, 1.82) is 0 Å². The number of pyridine rings is 1. The molecule has 2 atom stereocenters. The molecule has 1 aromatic carbocycles. The number of nitrogens with one attached hydrogen (secondary N) is 1. The largest absolute Gasteiger partial charge is 0.372 e. The van der Waals surface area contributed by atoms with E-state index >= 15 is 0 Å². The number of morpholine rings is 1. The van der Waals surface area contributed by atoms with E-state index in [-0.39, 0.29) is 23.5 Å². The van der Waals surface area contributed by atoms with E-state index in [0.717, 1.165) is 18.9 Å². The highest BCUT2D eigenvalue weighted by Crippen LogP contribution is 2.25. The molecule has 160 valence electrons. The quantitative estimate of drug-likeness (QED) is 0.496. The molecular weight excluding hydrogens is 400 g/mol.